The van der Waals surface area contributed by atoms with Crippen LogP contribution in [0, 0.1) is 0 Å². The molecule has 1 saturated heterocycles. The lowest BCUT2D eigenvalue weighted by atomic mass is 10.0. The molecule has 25 heavy (non-hydrogen) atoms. The van der Waals surface area contributed by atoms with Gasteiger partial charge in [0.05, 0.1) is 6.10 Å². The number of hydrogen-bond acceptors (Lipinski definition) is 3. The van der Waals surface area contributed by atoms with E-state index < -0.39 is 0 Å². The second kappa shape index (κ2) is 10.6. The third kappa shape index (κ3) is 6.63. The molecular weight excluding hydrogens is 310 g/mol. The Morgan fingerprint density at radius 2 is 2.28 bits per heavy atom. The lowest BCUT2D eigenvalue weighted by Gasteiger charge is -2.25. The van der Waals surface area contributed by atoms with Gasteiger partial charge in [-0.3, -0.25) is 0 Å². The highest BCUT2D eigenvalue weighted by molar-refractivity contribution is 5.49. The number of benzene rings is 1. The van der Waals surface area contributed by atoms with Crippen molar-refractivity contribution in [2.75, 3.05) is 25.1 Å². The van der Waals surface area contributed by atoms with E-state index in [1.807, 2.05) is 55.5 Å². The molecule has 1 fully saturated rings. The Balaban J connectivity index is 1.85. The lowest BCUT2D eigenvalue weighted by molar-refractivity contribution is 0.0392. The van der Waals surface area contributed by atoms with Crippen molar-refractivity contribution >= 4 is 5.69 Å². The zero-order valence-corrected chi connectivity index (χ0v) is 15.2. The van der Waals surface area contributed by atoms with Crippen molar-refractivity contribution in [2.45, 2.75) is 32.3 Å². The van der Waals surface area contributed by atoms with Crippen LogP contribution >= 0.6 is 0 Å². The normalized spacial score (nSPS) is 18.1. The third-order valence-corrected chi connectivity index (χ3v) is 4.16. The van der Waals surface area contributed by atoms with Gasteiger partial charge in [-0.15, -0.1) is 0 Å². The molecule has 1 heterocycles. The van der Waals surface area contributed by atoms with Gasteiger partial charge in [0.15, 0.2) is 0 Å². The Bertz CT molecular complexity index is 625. The number of hydrogen-bond donors (Lipinski definition) is 1. The van der Waals surface area contributed by atoms with E-state index in [0.29, 0.717) is 13.2 Å². The van der Waals surface area contributed by atoms with Crippen LogP contribution in [0.2, 0.25) is 0 Å². The summed E-state index contributed by atoms with van der Waals surface area (Å²) in [7, 11) is 0. The van der Waals surface area contributed by atoms with Crippen molar-refractivity contribution in [2.24, 2.45) is 0 Å². The van der Waals surface area contributed by atoms with Gasteiger partial charge in [-0.05, 0) is 49.5 Å². The fraction of sp³-hybridized carbons (Fsp3) is 0.364. The van der Waals surface area contributed by atoms with Gasteiger partial charge >= 0.3 is 0 Å². The van der Waals surface area contributed by atoms with Crippen LogP contribution in [0.1, 0.15) is 26.2 Å². The minimum absolute atomic E-state index is 0.188. The first kappa shape index (κ1) is 19.1. The highest BCUT2D eigenvalue weighted by Crippen LogP contribution is 2.21. The van der Waals surface area contributed by atoms with Crippen molar-refractivity contribution in [1.82, 2.24) is 0 Å². The minimum atomic E-state index is 0.188. The minimum Gasteiger partial charge on any atom is -0.489 e. The molecule has 134 valence electrons. The molecule has 0 saturated carbocycles. The highest BCUT2D eigenvalue weighted by atomic mass is 16.5. The average Bonchev–Trinajstić information content (AvgIpc) is 2.67. The molecule has 0 bridgehead atoms. The van der Waals surface area contributed by atoms with Crippen LogP contribution in [0.4, 0.5) is 5.69 Å². The molecule has 1 aliphatic rings. The number of allylic oxidation sites excluding steroid dienone is 3. The summed E-state index contributed by atoms with van der Waals surface area (Å²) >= 11 is 0. The Morgan fingerprint density at radius 3 is 3.00 bits per heavy atom. The topological polar surface area (TPSA) is 30.5 Å². The molecule has 3 heteroatoms. The smallest absolute Gasteiger partial charge is 0.121 e. The van der Waals surface area contributed by atoms with E-state index in [9.17, 15) is 0 Å². The Labute approximate surface area is 151 Å². The maximum Gasteiger partial charge on any atom is 0.121 e. The van der Waals surface area contributed by atoms with E-state index in [0.717, 1.165) is 42.0 Å². The molecule has 1 aromatic carbocycles. The Morgan fingerprint density at radius 1 is 1.40 bits per heavy atom. The van der Waals surface area contributed by atoms with E-state index in [2.05, 4.69) is 18.5 Å². The third-order valence-electron chi connectivity index (χ3n) is 4.16. The van der Waals surface area contributed by atoms with Gasteiger partial charge in [0.1, 0.15) is 12.4 Å². The van der Waals surface area contributed by atoms with Crippen LogP contribution in [0.15, 0.2) is 72.9 Å². The standard InChI is InChI=1S/C22H29NO2/c1-4-6-10-19(5-2)17-25-21-12-9-11-20(15-21)23-16-18(3)22-13-7-8-14-24-22/h4-6,9-12,15,22-23H,2-3,7-8,13-14,16-17H2,1H3/b6-4-,19-10+. The summed E-state index contributed by atoms with van der Waals surface area (Å²) in [5.41, 5.74) is 3.17. The monoisotopic (exact) mass is 339 g/mol. The molecule has 0 radical (unpaired) electrons. The first-order valence-electron chi connectivity index (χ1n) is 8.93. The van der Waals surface area contributed by atoms with Gasteiger partial charge in [0.25, 0.3) is 0 Å². The molecule has 0 amide bonds. The molecule has 1 atom stereocenters. The van der Waals surface area contributed by atoms with Crippen LogP contribution in [-0.4, -0.2) is 25.9 Å². The van der Waals surface area contributed by atoms with Crippen LogP contribution in [-0.2, 0) is 4.74 Å². The number of ether oxygens (including phenoxy) is 2. The van der Waals surface area contributed by atoms with E-state index in [1.54, 1.807) is 0 Å². The Hall–Kier alpha value is -2.26. The van der Waals surface area contributed by atoms with Crippen LogP contribution < -0.4 is 10.1 Å². The van der Waals surface area contributed by atoms with E-state index in [4.69, 9.17) is 9.47 Å². The molecule has 0 spiro atoms. The zero-order valence-electron chi connectivity index (χ0n) is 15.2. The summed E-state index contributed by atoms with van der Waals surface area (Å²) in [5.74, 6) is 0.831. The van der Waals surface area contributed by atoms with Crippen molar-refractivity contribution in [1.29, 1.82) is 0 Å². The molecule has 2 rings (SSSR count). The number of nitrogens with one attached hydrogen (secondary N) is 1. The second-order valence-electron chi connectivity index (χ2n) is 6.16. The highest BCUT2D eigenvalue weighted by Gasteiger charge is 2.16. The molecule has 1 aliphatic heterocycles. The van der Waals surface area contributed by atoms with Crippen molar-refractivity contribution < 1.29 is 9.47 Å². The van der Waals surface area contributed by atoms with E-state index >= 15 is 0 Å². The zero-order chi connectivity index (χ0) is 17.9. The van der Waals surface area contributed by atoms with Crippen molar-refractivity contribution in [3.63, 3.8) is 0 Å². The lowest BCUT2D eigenvalue weighted by Crippen LogP contribution is -2.24. The van der Waals surface area contributed by atoms with Crippen molar-refractivity contribution in [3.05, 3.63) is 72.9 Å². The predicted molar refractivity (Wildman–Crippen MR) is 106 cm³/mol. The fourth-order valence-corrected chi connectivity index (χ4v) is 2.65. The quantitative estimate of drug-likeness (QED) is 0.490. The molecule has 1 N–H and O–H groups in total. The van der Waals surface area contributed by atoms with Crippen LogP contribution in [0.5, 0.6) is 5.75 Å². The molecule has 1 unspecified atom stereocenters. The van der Waals surface area contributed by atoms with Gasteiger partial charge in [0.2, 0.25) is 0 Å². The maximum atomic E-state index is 5.86. The molecule has 3 nitrogen and oxygen atoms in total. The predicted octanol–water partition coefficient (Wildman–Crippen LogP) is 5.29. The summed E-state index contributed by atoms with van der Waals surface area (Å²) in [6, 6.07) is 7.98. The Kier molecular flexibility index (Phi) is 8.06. The largest absolute Gasteiger partial charge is 0.489 e. The summed E-state index contributed by atoms with van der Waals surface area (Å²) in [5, 5.41) is 3.41. The maximum absolute atomic E-state index is 5.86. The second-order valence-corrected chi connectivity index (χ2v) is 6.16. The first-order chi connectivity index (χ1) is 12.2. The summed E-state index contributed by atoms with van der Waals surface area (Å²) < 4.78 is 11.6. The fourth-order valence-electron chi connectivity index (χ4n) is 2.65. The van der Waals surface area contributed by atoms with Crippen molar-refractivity contribution in [3.8, 4) is 5.75 Å². The molecular formula is C22H29NO2. The summed E-state index contributed by atoms with van der Waals surface area (Å²) in [6.07, 6.45) is 11.4. The van der Waals surface area contributed by atoms with E-state index in [-0.39, 0.29) is 6.10 Å². The summed E-state index contributed by atoms with van der Waals surface area (Å²) in [4.78, 5) is 0. The van der Waals surface area contributed by atoms with Crippen LogP contribution in [0.3, 0.4) is 0 Å². The van der Waals surface area contributed by atoms with Gasteiger partial charge in [0, 0.05) is 24.9 Å². The molecule has 0 aliphatic carbocycles. The summed E-state index contributed by atoms with van der Waals surface area (Å²) in [6.45, 7) is 12.0. The number of rotatable bonds is 9. The van der Waals surface area contributed by atoms with E-state index in [1.165, 1.54) is 6.42 Å². The van der Waals surface area contributed by atoms with Gasteiger partial charge in [-0.2, -0.15) is 0 Å². The van der Waals surface area contributed by atoms with Gasteiger partial charge < -0.3 is 14.8 Å². The molecule has 0 aromatic heterocycles. The average molecular weight is 339 g/mol. The van der Waals surface area contributed by atoms with Gasteiger partial charge in [-0.1, -0.05) is 43.5 Å². The SMILES string of the molecule is C=C/C(=C\C=C/C)COc1cccc(NCC(=C)C2CCCCO2)c1. The molecule has 1 aromatic rings. The van der Waals surface area contributed by atoms with Gasteiger partial charge in [-0.25, -0.2) is 0 Å². The number of anilines is 1. The van der Waals surface area contributed by atoms with Crippen LogP contribution in [0.25, 0.3) is 0 Å². The first-order valence-corrected chi connectivity index (χ1v) is 8.93.